The van der Waals surface area contributed by atoms with Gasteiger partial charge in [0.2, 0.25) is 0 Å². The molecule has 0 fully saturated rings. The van der Waals surface area contributed by atoms with Crippen molar-refractivity contribution in [1.82, 2.24) is 5.32 Å². The average Bonchev–Trinajstić information content (AvgIpc) is 2.77. The Kier molecular flexibility index (Phi) is 7.50. The summed E-state index contributed by atoms with van der Waals surface area (Å²) >= 11 is 0. The molecule has 0 bridgehead atoms. The van der Waals surface area contributed by atoms with E-state index in [1.807, 2.05) is 68.4 Å². The lowest BCUT2D eigenvalue weighted by Crippen LogP contribution is -2.33. The Morgan fingerprint density at radius 3 is 2.53 bits per heavy atom. The van der Waals surface area contributed by atoms with Crippen molar-refractivity contribution >= 4 is 5.91 Å². The monoisotopic (exact) mass is 403 g/mol. The van der Waals surface area contributed by atoms with E-state index in [2.05, 4.69) is 17.4 Å². The Morgan fingerprint density at radius 2 is 1.80 bits per heavy atom. The van der Waals surface area contributed by atoms with Gasteiger partial charge in [-0.3, -0.25) is 4.79 Å². The number of hydrogen-bond donors (Lipinski definition) is 1. The maximum Gasteiger partial charge on any atom is 0.251 e. The molecule has 4 nitrogen and oxygen atoms in total. The number of amides is 1. The number of hydrogen-bond acceptors (Lipinski definition) is 3. The molecule has 0 spiro atoms. The lowest BCUT2D eigenvalue weighted by atomic mass is 10.1. The second-order valence-corrected chi connectivity index (χ2v) is 7.53. The van der Waals surface area contributed by atoms with Gasteiger partial charge < -0.3 is 14.8 Å². The number of benzene rings is 3. The summed E-state index contributed by atoms with van der Waals surface area (Å²) in [5, 5.41) is 3.09. The number of rotatable bonds is 9. The Labute approximate surface area is 178 Å². The second kappa shape index (κ2) is 10.5. The van der Waals surface area contributed by atoms with Crippen molar-refractivity contribution in [3.05, 3.63) is 95.1 Å². The largest absolute Gasteiger partial charge is 0.496 e. The van der Waals surface area contributed by atoms with Gasteiger partial charge in [-0.25, -0.2) is 0 Å². The number of ether oxygens (including phenoxy) is 2. The highest BCUT2D eigenvalue weighted by molar-refractivity contribution is 5.94. The molecule has 0 radical (unpaired) electrons. The molecule has 0 aromatic heterocycles. The van der Waals surface area contributed by atoms with E-state index in [1.165, 1.54) is 5.56 Å². The topological polar surface area (TPSA) is 47.6 Å². The van der Waals surface area contributed by atoms with Crippen molar-refractivity contribution in [2.24, 2.45) is 0 Å². The van der Waals surface area contributed by atoms with Crippen molar-refractivity contribution in [3.63, 3.8) is 0 Å². The van der Waals surface area contributed by atoms with Gasteiger partial charge in [0.05, 0.1) is 7.11 Å². The molecule has 1 atom stereocenters. The molecular formula is C26H29NO3. The SMILES string of the molecule is COc1ccc(C(=O)N[C@@H](C)CCc2ccccc2)cc1COc1cccc(C)c1. The lowest BCUT2D eigenvalue weighted by Gasteiger charge is -2.16. The van der Waals surface area contributed by atoms with Crippen LogP contribution in [0.15, 0.2) is 72.8 Å². The molecule has 0 saturated heterocycles. The fourth-order valence-electron chi connectivity index (χ4n) is 3.31. The van der Waals surface area contributed by atoms with E-state index >= 15 is 0 Å². The summed E-state index contributed by atoms with van der Waals surface area (Å²) in [5.41, 5.74) is 3.85. The van der Waals surface area contributed by atoms with Crippen molar-refractivity contribution in [1.29, 1.82) is 0 Å². The van der Waals surface area contributed by atoms with Gasteiger partial charge in [0, 0.05) is 17.2 Å². The van der Waals surface area contributed by atoms with Crippen LogP contribution in [0.1, 0.15) is 40.4 Å². The van der Waals surface area contributed by atoms with Crippen LogP contribution < -0.4 is 14.8 Å². The van der Waals surface area contributed by atoms with Crippen LogP contribution in [0, 0.1) is 6.92 Å². The molecule has 3 rings (SSSR count). The zero-order valence-electron chi connectivity index (χ0n) is 17.9. The van der Waals surface area contributed by atoms with Gasteiger partial charge in [-0.15, -0.1) is 0 Å². The van der Waals surface area contributed by atoms with Crippen LogP contribution in [0.5, 0.6) is 11.5 Å². The Bertz CT molecular complexity index is 969. The van der Waals surface area contributed by atoms with Crippen LogP contribution in [0.2, 0.25) is 0 Å². The van der Waals surface area contributed by atoms with Crippen molar-refractivity contribution in [2.75, 3.05) is 7.11 Å². The number of aryl methyl sites for hydroxylation is 2. The minimum atomic E-state index is -0.0879. The van der Waals surface area contributed by atoms with Crippen LogP contribution in [0.25, 0.3) is 0 Å². The van der Waals surface area contributed by atoms with E-state index in [1.54, 1.807) is 13.2 Å². The van der Waals surface area contributed by atoms with E-state index in [9.17, 15) is 4.79 Å². The van der Waals surface area contributed by atoms with Gasteiger partial charge in [0.15, 0.2) is 0 Å². The van der Waals surface area contributed by atoms with Crippen LogP contribution in [0.4, 0.5) is 0 Å². The molecule has 0 heterocycles. The Morgan fingerprint density at radius 1 is 1.00 bits per heavy atom. The molecule has 1 N–H and O–H groups in total. The average molecular weight is 404 g/mol. The summed E-state index contributed by atoms with van der Waals surface area (Å²) in [6, 6.07) is 23.7. The summed E-state index contributed by atoms with van der Waals surface area (Å²) < 4.78 is 11.4. The third-order valence-electron chi connectivity index (χ3n) is 5.01. The highest BCUT2D eigenvalue weighted by atomic mass is 16.5. The van der Waals surface area contributed by atoms with Gasteiger partial charge >= 0.3 is 0 Å². The molecule has 156 valence electrons. The fourth-order valence-corrected chi connectivity index (χ4v) is 3.31. The summed E-state index contributed by atoms with van der Waals surface area (Å²) in [7, 11) is 1.62. The van der Waals surface area contributed by atoms with E-state index < -0.39 is 0 Å². The Hall–Kier alpha value is -3.27. The summed E-state index contributed by atoms with van der Waals surface area (Å²) in [4.78, 5) is 12.7. The van der Waals surface area contributed by atoms with E-state index in [0.717, 1.165) is 29.7 Å². The van der Waals surface area contributed by atoms with E-state index in [-0.39, 0.29) is 11.9 Å². The summed E-state index contributed by atoms with van der Waals surface area (Å²) in [6.45, 7) is 4.39. The van der Waals surface area contributed by atoms with Crippen molar-refractivity contribution < 1.29 is 14.3 Å². The standard InChI is InChI=1S/C26H29NO3/c1-19-8-7-11-24(16-19)30-18-23-17-22(14-15-25(23)29-3)26(28)27-20(2)12-13-21-9-5-4-6-10-21/h4-11,14-17,20H,12-13,18H2,1-3H3,(H,27,28)/t20-/m0/s1. The van der Waals surface area contributed by atoms with Crippen molar-refractivity contribution in [2.45, 2.75) is 39.3 Å². The summed E-state index contributed by atoms with van der Waals surface area (Å²) in [5.74, 6) is 1.41. The molecule has 0 aliphatic heterocycles. The third kappa shape index (κ3) is 6.11. The number of nitrogens with one attached hydrogen (secondary N) is 1. The predicted octanol–water partition coefficient (Wildman–Crippen LogP) is 5.33. The molecule has 3 aromatic carbocycles. The molecule has 0 aliphatic carbocycles. The number of carbonyl (C=O) groups excluding carboxylic acids is 1. The Balaban J connectivity index is 1.61. The normalized spacial score (nSPS) is 11.6. The molecule has 30 heavy (non-hydrogen) atoms. The maximum atomic E-state index is 12.7. The minimum absolute atomic E-state index is 0.0757. The van der Waals surface area contributed by atoms with Crippen molar-refractivity contribution in [3.8, 4) is 11.5 Å². The first kappa shape index (κ1) is 21.4. The van der Waals surface area contributed by atoms with Crippen LogP contribution in [-0.2, 0) is 13.0 Å². The van der Waals surface area contributed by atoms with E-state index in [0.29, 0.717) is 17.9 Å². The van der Waals surface area contributed by atoms with Crippen LogP contribution in [-0.4, -0.2) is 19.1 Å². The fraction of sp³-hybridized carbons (Fsp3) is 0.269. The minimum Gasteiger partial charge on any atom is -0.496 e. The van der Waals surface area contributed by atoms with E-state index in [4.69, 9.17) is 9.47 Å². The van der Waals surface area contributed by atoms with Gasteiger partial charge in [-0.05, 0) is 68.1 Å². The first-order chi connectivity index (χ1) is 14.5. The molecule has 3 aromatic rings. The van der Waals surface area contributed by atoms with Crippen LogP contribution >= 0.6 is 0 Å². The molecule has 1 amide bonds. The van der Waals surface area contributed by atoms with Crippen LogP contribution in [0.3, 0.4) is 0 Å². The quantitative estimate of drug-likeness (QED) is 0.525. The van der Waals surface area contributed by atoms with Gasteiger partial charge in [0.25, 0.3) is 5.91 Å². The molecular weight excluding hydrogens is 374 g/mol. The zero-order chi connectivity index (χ0) is 21.3. The highest BCUT2D eigenvalue weighted by Gasteiger charge is 2.13. The highest BCUT2D eigenvalue weighted by Crippen LogP contribution is 2.23. The molecule has 0 saturated carbocycles. The second-order valence-electron chi connectivity index (χ2n) is 7.53. The van der Waals surface area contributed by atoms with Gasteiger partial charge in [0.1, 0.15) is 18.1 Å². The third-order valence-corrected chi connectivity index (χ3v) is 5.01. The summed E-state index contributed by atoms with van der Waals surface area (Å²) in [6.07, 6.45) is 1.82. The first-order valence-electron chi connectivity index (χ1n) is 10.3. The zero-order valence-corrected chi connectivity index (χ0v) is 17.9. The molecule has 0 unspecified atom stereocenters. The predicted molar refractivity (Wildman–Crippen MR) is 120 cm³/mol. The number of carbonyl (C=O) groups is 1. The maximum absolute atomic E-state index is 12.7. The number of methoxy groups -OCH3 is 1. The van der Waals surface area contributed by atoms with Gasteiger partial charge in [-0.1, -0.05) is 42.5 Å². The van der Waals surface area contributed by atoms with Gasteiger partial charge in [-0.2, -0.15) is 0 Å². The molecule has 4 heteroatoms. The molecule has 0 aliphatic rings. The first-order valence-corrected chi connectivity index (χ1v) is 10.3. The lowest BCUT2D eigenvalue weighted by molar-refractivity contribution is 0.0938. The smallest absolute Gasteiger partial charge is 0.251 e.